The summed E-state index contributed by atoms with van der Waals surface area (Å²) in [7, 11) is 0. The third kappa shape index (κ3) is 2.97. The number of hydrogen-bond donors (Lipinski definition) is 0. The Morgan fingerprint density at radius 3 is 3.05 bits per heavy atom. The van der Waals surface area contributed by atoms with Crippen molar-refractivity contribution in [3.63, 3.8) is 0 Å². The predicted octanol–water partition coefficient (Wildman–Crippen LogP) is 2.52. The van der Waals surface area contributed by atoms with Crippen LogP contribution in [0.2, 0.25) is 0 Å². The molecule has 108 valence electrons. The summed E-state index contributed by atoms with van der Waals surface area (Å²) < 4.78 is 5.49. The maximum absolute atomic E-state index is 12.2. The van der Waals surface area contributed by atoms with Crippen molar-refractivity contribution in [2.24, 2.45) is 0 Å². The van der Waals surface area contributed by atoms with E-state index in [1.165, 1.54) is 10.4 Å². The van der Waals surface area contributed by atoms with Crippen molar-refractivity contribution in [1.29, 1.82) is 0 Å². The Labute approximate surface area is 127 Å². The number of para-hydroxylation sites is 1. The molecule has 0 saturated carbocycles. The van der Waals surface area contributed by atoms with E-state index >= 15 is 0 Å². The molecule has 21 heavy (non-hydrogen) atoms. The smallest absolute Gasteiger partial charge is 0.260 e. The topological polar surface area (TPSA) is 46.6 Å². The molecule has 0 spiro atoms. The Kier molecular flexibility index (Phi) is 4.01. The van der Waals surface area contributed by atoms with E-state index in [9.17, 15) is 9.59 Å². The van der Waals surface area contributed by atoms with E-state index in [0.717, 1.165) is 19.3 Å². The molecular formula is C16H15NO3S. The first kappa shape index (κ1) is 13.8. The second kappa shape index (κ2) is 6.10. The van der Waals surface area contributed by atoms with E-state index in [1.54, 1.807) is 40.5 Å². The van der Waals surface area contributed by atoms with Gasteiger partial charge in [0.05, 0.1) is 5.56 Å². The minimum atomic E-state index is -0.0486. The standard InChI is InChI=1S/C16H15NO3S/c18-10-13-3-1-2-4-14(13)20-11-16(19)17-7-5-15-12(9-17)6-8-21-15/h1-4,6,8,10H,5,7,9,11H2. The third-order valence-corrected chi connectivity index (χ3v) is 4.58. The summed E-state index contributed by atoms with van der Waals surface area (Å²) >= 11 is 1.75. The molecule has 5 heteroatoms. The van der Waals surface area contributed by atoms with Crippen LogP contribution in [-0.4, -0.2) is 30.2 Å². The van der Waals surface area contributed by atoms with Crippen molar-refractivity contribution in [2.45, 2.75) is 13.0 Å². The Bertz CT molecular complexity index is 665. The van der Waals surface area contributed by atoms with Crippen LogP contribution in [0.1, 0.15) is 20.8 Å². The molecule has 1 aromatic heterocycles. The van der Waals surface area contributed by atoms with E-state index in [-0.39, 0.29) is 12.5 Å². The molecule has 0 radical (unpaired) electrons. The van der Waals surface area contributed by atoms with Gasteiger partial charge in [0.15, 0.2) is 12.9 Å². The molecule has 2 aromatic rings. The zero-order chi connectivity index (χ0) is 14.7. The van der Waals surface area contributed by atoms with Crippen LogP contribution in [0.25, 0.3) is 0 Å². The van der Waals surface area contributed by atoms with Crippen LogP contribution in [-0.2, 0) is 17.8 Å². The van der Waals surface area contributed by atoms with Crippen molar-refractivity contribution in [3.8, 4) is 5.75 Å². The van der Waals surface area contributed by atoms with Crippen LogP contribution >= 0.6 is 11.3 Å². The van der Waals surface area contributed by atoms with Gasteiger partial charge in [0.25, 0.3) is 5.91 Å². The minimum absolute atomic E-state index is 0.0374. The van der Waals surface area contributed by atoms with Crippen LogP contribution in [0.15, 0.2) is 35.7 Å². The normalized spacial score (nSPS) is 13.6. The number of benzene rings is 1. The quantitative estimate of drug-likeness (QED) is 0.815. The predicted molar refractivity (Wildman–Crippen MR) is 80.8 cm³/mol. The fourth-order valence-electron chi connectivity index (χ4n) is 2.40. The number of hydrogen-bond acceptors (Lipinski definition) is 4. The summed E-state index contributed by atoms with van der Waals surface area (Å²) in [5.74, 6) is 0.404. The molecule has 0 N–H and O–H groups in total. The maximum Gasteiger partial charge on any atom is 0.260 e. The molecule has 3 rings (SSSR count). The van der Waals surface area contributed by atoms with Gasteiger partial charge in [0.2, 0.25) is 0 Å². The monoisotopic (exact) mass is 301 g/mol. The highest BCUT2D eigenvalue weighted by atomic mass is 32.1. The van der Waals surface area contributed by atoms with E-state index in [2.05, 4.69) is 11.4 Å². The van der Waals surface area contributed by atoms with Gasteiger partial charge in [-0.2, -0.15) is 0 Å². The Hall–Kier alpha value is -2.14. The van der Waals surface area contributed by atoms with Crippen molar-refractivity contribution in [2.75, 3.05) is 13.2 Å². The molecule has 1 aromatic carbocycles. The van der Waals surface area contributed by atoms with Crippen LogP contribution in [0.5, 0.6) is 5.75 Å². The lowest BCUT2D eigenvalue weighted by Crippen LogP contribution is -2.38. The van der Waals surface area contributed by atoms with Crippen LogP contribution in [0.4, 0.5) is 0 Å². The average Bonchev–Trinajstić information content (AvgIpc) is 3.00. The number of carbonyl (C=O) groups is 2. The second-order valence-corrected chi connectivity index (χ2v) is 5.88. The zero-order valence-electron chi connectivity index (χ0n) is 11.5. The number of nitrogens with zero attached hydrogens (tertiary/aromatic N) is 1. The Morgan fingerprint density at radius 1 is 1.33 bits per heavy atom. The van der Waals surface area contributed by atoms with E-state index < -0.39 is 0 Å². The number of ether oxygens (including phenoxy) is 1. The number of fused-ring (bicyclic) bond motifs is 1. The molecule has 2 heterocycles. The number of carbonyl (C=O) groups excluding carboxylic acids is 2. The van der Waals surface area contributed by atoms with Gasteiger partial charge in [-0.3, -0.25) is 9.59 Å². The fourth-order valence-corrected chi connectivity index (χ4v) is 3.29. The maximum atomic E-state index is 12.2. The summed E-state index contributed by atoms with van der Waals surface area (Å²) in [4.78, 5) is 26.3. The van der Waals surface area contributed by atoms with Gasteiger partial charge in [-0.1, -0.05) is 12.1 Å². The highest BCUT2D eigenvalue weighted by Gasteiger charge is 2.21. The highest BCUT2D eigenvalue weighted by Crippen LogP contribution is 2.24. The number of amides is 1. The van der Waals surface area contributed by atoms with Gasteiger partial charge in [-0.25, -0.2) is 0 Å². The summed E-state index contributed by atoms with van der Waals surface area (Å²) in [6.45, 7) is 1.34. The van der Waals surface area contributed by atoms with Crippen LogP contribution in [0.3, 0.4) is 0 Å². The SMILES string of the molecule is O=Cc1ccccc1OCC(=O)N1CCc2sccc2C1. The van der Waals surface area contributed by atoms with Crippen molar-refractivity contribution in [3.05, 3.63) is 51.7 Å². The molecule has 1 aliphatic rings. The van der Waals surface area contributed by atoms with E-state index in [0.29, 0.717) is 17.9 Å². The number of aldehydes is 1. The molecule has 0 aliphatic carbocycles. The van der Waals surface area contributed by atoms with Crippen molar-refractivity contribution >= 4 is 23.5 Å². The van der Waals surface area contributed by atoms with Gasteiger partial charge >= 0.3 is 0 Å². The van der Waals surface area contributed by atoms with Gasteiger partial charge in [0.1, 0.15) is 5.75 Å². The third-order valence-electron chi connectivity index (χ3n) is 3.56. The first-order valence-corrected chi connectivity index (χ1v) is 7.66. The van der Waals surface area contributed by atoms with Gasteiger partial charge in [-0.15, -0.1) is 11.3 Å². The lowest BCUT2D eigenvalue weighted by atomic mass is 10.1. The van der Waals surface area contributed by atoms with E-state index in [1.807, 2.05) is 0 Å². The molecular weight excluding hydrogens is 286 g/mol. The molecule has 0 unspecified atom stereocenters. The second-order valence-electron chi connectivity index (χ2n) is 4.88. The lowest BCUT2D eigenvalue weighted by molar-refractivity contribution is -0.134. The number of rotatable bonds is 4. The largest absolute Gasteiger partial charge is 0.483 e. The minimum Gasteiger partial charge on any atom is -0.483 e. The first-order valence-electron chi connectivity index (χ1n) is 6.78. The average molecular weight is 301 g/mol. The van der Waals surface area contributed by atoms with Gasteiger partial charge in [-0.05, 0) is 35.6 Å². The Balaban J connectivity index is 1.61. The van der Waals surface area contributed by atoms with Crippen molar-refractivity contribution in [1.82, 2.24) is 4.90 Å². The summed E-state index contributed by atoms with van der Waals surface area (Å²) in [5, 5.41) is 2.06. The molecule has 0 saturated heterocycles. The molecule has 1 aliphatic heterocycles. The Morgan fingerprint density at radius 2 is 2.19 bits per heavy atom. The first-order chi connectivity index (χ1) is 10.3. The molecule has 0 atom stereocenters. The fraction of sp³-hybridized carbons (Fsp3) is 0.250. The van der Waals surface area contributed by atoms with Crippen LogP contribution in [0, 0.1) is 0 Å². The molecule has 0 bridgehead atoms. The summed E-state index contributed by atoms with van der Waals surface area (Å²) in [6.07, 6.45) is 1.64. The zero-order valence-corrected chi connectivity index (χ0v) is 12.3. The molecule has 1 amide bonds. The molecule has 0 fully saturated rings. The highest BCUT2D eigenvalue weighted by molar-refractivity contribution is 7.10. The van der Waals surface area contributed by atoms with Gasteiger partial charge < -0.3 is 9.64 Å². The molecule has 4 nitrogen and oxygen atoms in total. The summed E-state index contributed by atoms with van der Waals surface area (Å²) in [6, 6.07) is 8.99. The number of thiophene rings is 1. The van der Waals surface area contributed by atoms with Crippen molar-refractivity contribution < 1.29 is 14.3 Å². The summed E-state index contributed by atoms with van der Waals surface area (Å²) in [5.41, 5.74) is 1.69. The van der Waals surface area contributed by atoms with Gasteiger partial charge in [0, 0.05) is 18.0 Å². The van der Waals surface area contributed by atoms with E-state index in [4.69, 9.17) is 4.74 Å². The van der Waals surface area contributed by atoms with Crippen LogP contribution < -0.4 is 4.74 Å². The lowest BCUT2D eigenvalue weighted by Gasteiger charge is -2.27.